The Bertz CT molecular complexity index is 1520. The number of H-pyrrole nitrogens is 2. The highest BCUT2D eigenvalue weighted by Gasteiger charge is 2.31. The average Bonchev–Trinajstić information content (AvgIpc) is 3.59. The van der Waals surface area contributed by atoms with Crippen LogP contribution in [-0.4, -0.2) is 56.0 Å². The van der Waals surface area contributed by atoms with E-state index in [1.165, 1.54) is 0 Å². The number of amides is 2. The van der Waals surface area contributed by atoms with E-state index < -0.39 is 11.9 Å². The van der Waals surface area contributed by atoms with Gasteiger partial charge in [0, 0.05) is 66.0 Å². The highest BCUT2D eigenvalue weighted by atomic mass is 16.4. The fourth-order valence-electron chi connectivity index (χ4n) is 6.79. The van der Waals surface area contributed by atoms with Crippen LogP contribution >= 0.6 is 0 Å². The van der Waals surface area contributed by atoms with Gasteiger partial charge in [-0.15, -0.1) is 0 Å². The first-order chi connectivity index (χ1) is 20.4. The molecule has 10 heteroatoms. The average molecular weight is 593 g/mol. The first-order valence-corrected chi connectivity index (χ1v) is 15.2. The number of aromatic amines is 2. The lowest BCUT2D eigenvalue weighted by molar-refractivity contribution is -0.138. The van der Waals surface area contributed by atoms with Crippen molar-refractivity contribution in [3.63, 3.8) is 0 Å². The maximum atomic E-state index is 12.5. The van der Waals surface area contributed by atoms with Crippen molar-refractivity contribution in [1.82, 2.24) is 20.6 Å². The Morgan fingerprint density at radius 3 is 1.63 bits per heavy atom. The van der Waals surface area contributed by atoms with Gasteiger partial charge in [-0.2, -0.15) is 0 Å². The highest BCUT2D eigenvalue weighted by Crippen LogP contribution is 2.31. The summed E-state index contributed by atoms with van der Waals surface area (Å²) in [5, 5.41) is 25.1. The van der Waals surface area contributed by atoms with Crippen LogP contribution in [0.5, 0.6) is 0 Å². The van der Waals surface area contributed by atoms with Crippen molar-refractivity contribution in [1.29, 1.82) is 0 Å². The molecule has 2 unspecified atom stereocenters. The summed E-state index contributed by atoms with van der Waals surface area (Å²) in [6.45, 7) is 11.8. The Labute approximate surface area is 252 Å². The van der Waals surface area contributed by atoms with Gasteiger partial charge in [0.2, 0.25) is 11.8 Å². The van der Waals surface area contributed by atoms with Gasteiger partial charge in [0.15, 0.2) is 0 Å². The lowest BCUT2D eigenvalue weighted by Gasteiger charge is -2.14. The fourth-order valence-corrected chi connectivity index (χ4v) is 6.79. The van der Waals surface area contributed by atoms with Crippen molar-refractivity contribution < 1.29 is 29.4 Å². The number of carbonyl (C=O) groups is 4. The predicted octanol–water partition coefficient (Wildman–Crippen LogP) is 4.12. The number of aliphatic carboxylic acids is 2. The van der Waals surface area contributed by atoms with Crippen LogP contribution in [0.1, 0.15) is 98.4 Å². The van der Waals surface area contributed by atoms with Gasteiger partial charge >= 0.3 is 11.9 Å². The summed E-state index contributed by atoms with van der Waals surface area (Å²) in [6.07, 6.45) is 3.70. The number of aromatic nitrogens is 2. The smallest absolute Gasteiger partial charge is 0.303 e. The molecule has 0 bridgehead atoms. The third kappa shape index (κ3) is 6.63. The Morgan fingerprint density at radius 1 is 0.698 bits per heavy atom. The molecule has 2 amide bonds. The fraction of sp³-hybridized carbons (Fsp3) is 0.515. The molecule has 0 saturated heterocycles. The van der Waals surface area contributed by atoms with Gasteiger partial charge in [-0.05, 0) is 86.8 Å². The Kier molecular flexibility index (Phi) is 9.67. The molecule has 4 heterocycles. The second kappa shape index (κ2) is 13.1. The van der Waals surface area contributed by atoms with Crippen LogP contribution in [0, 0.1) is 13.8 Å². The number of nitrogens with one attached hydrogen (secondary N) is 4. The van der Waals surface area contributed by atoms with Crippen LogP contribution in [-0.2, 0) is 51.3 Å². The van der Waals surface area contributed by atoms with E-state index in [1.54, 1.807) is 0 Å². The minimum Gasteiger partial charge on any atom is -0.481 e. The van der Waals surface area contributed by atoms with E-state index in [-0.39, 0.29) is 36.7 Å². The Balaban J connectivity index is 1.70. The van der Waals surface area contributed by atoms with Gasteiger partial charge in [-0.3, -0.25) is 19.2 Å². The molecule has 232 valence electrons. The Hall–Kier alpha value is -4.08. The van der Waals surface area contributed by atoms with E-state index in [2.05, 4.69) is 20.6 Å². The van der Waals surface area contributed by atoms with Gasteiger partial charge in [0.25, 0.3) is 0 Å². The minimum absolute atomic E-state index is 0.0157. The maximum absolute atomic E-state index is 12.5. The molecular formula is C33H44N4O6. The van der Waals surface area contributed by atoms with Crippen molar-refractivity contribution in [2.75, 3.05) is 0 Å². The lowest BCUT2D eigenvalue weighted by atomic mass is 9.95. The summed E-state index contributed by atoms with van der Waals surface area (Å²) < 4.78 is 0. The molecule has 2 aliphatic heterocycles. The highest BCUT2D eigenvalue weighted by molar-refractivity contribution is 5.97. The number of hydrogen-bond donors (Lipinski definition) is 6. The van der Waals surface area contributed by atoms with E-state index >= 15 is 0 Å². The Morgan fingerprint density at radius 2 is 1.19 bits per heavy atom. The van der Waals surface area contributed by atoms with Crippen LogP contribution in [0.25, 0.3) is 0 Å². The van der Waals surface area contributed by atoms with Crippen molar-refractivity contribution in [3.8, 4) is 0 Å². The number of carbonyl (C=O) groups excluding carboxylic acids is 2. The maximum Gasteiger partial charge on any atom is 0.303 e. The van der Waals surface area contributed by atoms with Crippen molar-refractivity contribution >= 4 is 23.8 Å². The third-order valence-electron chi connectivity index (χ3n) is 9.35. The van der Waals surface area contributed by atoms with Crippen LogP contribution < -0.4 is 10.6 Å². The minimum atomic E-state index is -0.878. The van der Waals surface area contributed by atoms with E-state index in [0.717, 1.165) is 73.7 Å². The van der Waals surface area contributed by atoms with Crippen LogP contribution in [0.2, 0.25) is 0 Å². The van der Waals surface area contributed by atoms with E-state index in [4.69, 9.17) is 0 Å². The summed E-state index contributed by atoms with van der Waals surface area (Å²) in [4.78, 5) is 55.1. The molecule has 10 nitrogen and oxygen atoms in total. The standard InChI is InChI=1S/C33H44N4O6/c1-7-20-19(6)32(42)37-27(20)14-25-18(5)23(10-12-31(40)41)29(35-25)15-28-22(9-11-30(38)39)17(4)24(34-28)13-26-16(3)21(8-2)33(43)36-26/h26-27,34-35H,7-15H2,1-6H3,(H,36,43)(H,37,42)(H,38,39)(H,40,41). The summed E-state index contributed by atoms with van der Waals surface area (Å²) in [5.41, 5.74) is 11.2. The molecule has 4 rings (SSSR count). The molecule has 0 radical (unpaired) electrons. The number of rotatable bonds is 14. The van der Waals surface area contributed by atoms with Crippen LogP contribution in [0.4, 0.5) is 0 Å². The number of hydrogen-bond acceptors (Lipinski definition) is 4. The van der Waals surface area contributed by atoms with Crippen molar-refractivity contribution in [3.05, 3.63) is 67.3 Å². The molecule has 0 saturated carbocycles. The van der Waals surface area contributed by atoms with Crippen molar-refractivity contribution in [2.45, 2.75) is 111 Å². The summed E-state index contributed by atoms with van der Waals surface area (Å²) in [5.74, 6) is -1.84. The van der Waals surface area contributed by atoms with Gasteiger partial charge in [0.05, 0.1) is 12.1 Å². The van der Waals surface area contributed by atoms with E-state index in [9.17, 15) is 29.4 Å². The number of carboxylic acids is 2. The van der Waals surface area contributed by atoms with Gasteiger partial charge in [-0.25, -0.2) is 0 Å². The van der Waals surface area contributed by atoms with E-state index in [1.807, 2.05) is 41.5 Å². The van der Waals surface area contributed by atoms with Gasteiger partial charge in [0.1, 0.15) is 0 Å². The zero-order valence-electron chi connectivity index (χ0n) is 26.0. The molecule has 2 aliphatic rings. The van der Waals surface area contributed by atoms with E-state index in [0.29, 0.717) is 38.5 Å². The third-order valence-corrected chi connectivity index (χ3v) is 9.35. The molecule has 0 aliphatic carbocycles. The van der Waals surface area contributed by atoms with Gasteiger partial charge in [-0.1, -0.05) is 13.8 Å². The second-order valence-electron chi connectivity index (χ2n) is 11.8. The zero-order valence-corrected chi connectivity index (χ0v) is 26.0. The normalized spacial score (nSPS) is 18.6. The summed E-state index contributed by atoms with van der Waals surface area (Å²) in [6, 6.07) is -0.247. The molecule has 2 aromatic heterocycles. The van der Waals surface area contributed by atoms with Gasteiger partial charge < -0.3 is 30.8 Å². The molecule has 0 fully saturated rings. The quantitative estimate of drug-likeness (QED) is 0.193. The molecule has 2 atom stereocenters. The first-order valence-electron chi connectivity index (χ1n) is 15.2. The largest absolute Gasteiger partial charge is 0.481 e. The molecular weight excluding hydrogens is 548 g/mol. The van der Waals surface area contributed by atoms with Crippen molar-refractivity contribution in [2.24, 2.45) is 0 Å². The lowest BCUT2D eigenvalue weighted by Crippen LogP contribution is -2.31. The zero-order chi connectivity index (χ0) is 31.6. The van der Waals surface area contributed by atoms with Crippen LogP contribution in [0.15, 0.2) is 22.3 Å². The second-order valence-corrected chi connectivity index (χ2v) is 11.8. The molecule has 2 aromatic rings. The SMILES string of the molecule is CCC1=C(C)C(Cc2[nH]c(Cc3[nH]c(CC4NC(=O)C(C)=C4CC)c(C)c3CCC(=O)O)c(CCC(=O)O)c2C)NC1=O. The predicted molar refractivity (Wildman–Crippen MR) is 163 cm³/mol. The molecule has 0 spiro atoms. The molecule has 0 aromatic carbocycles. The molecule has 6 N–H and O–H groups in total. The topological polar surface area (TPSA) is 164 Å². The summed E-state index contributed by atoms with van der Waals surface area (Å²) >= 11 is 0. The number of carboxylic acid groups (broad SMARTS) is 2. The summed E-state index contributed by atoms with van der Waals surface area (Å²) in [7, 11) is 0. The molecule has 43 heavy (non-hydrogen) atoms. The van der Waals surface area contributed by atoms with Crippen LogP contribution in [0.3, 0.4) is 0 Å². The monoisotopic (exact) mass is 592 g/mol. The first kappa shape index (κ1) is 31.8.